The van der Waals surface area contributed by atoms with Crippen LogP contribution in [0.4, 0.5) is 0 Å². The predicted molar refractivity (Wildman–Crippen MR) is 24.0 cm³/mol. The van der Waals surface area contributed by atoms with E-state index in [1.807, 2.05) is 0 Å². The van der Waals surface area contributed by atoms with Crippen molar-refractivity contribution in [3.8, 4) is 0 Å². The van der Waals surface area contributed by atoms with E-state index in [9.17, 15) is 0 Å². The first-order valence-corrected chi connectivity index (χ1v) is 0. The normalized spacial score (nSPS) is 0. The third kappa shape index (κ3) is 8.91. The second kappa shape index (κ2) is 19.2. The molecule has 0 amide bonds. The minimum absolute atomic E-state index is 0. The van der Waals surface area contributed by atoms with E-state index in [1.165, 1.54) is 0 Å². The van der Waals surface area contributed by atoms with Gasteiger partial charge in [0.25, 0.3) is 0 Å². The Morgan fingerprint density at radius 2 is 1.00 bits per heavy atom. The van der Waals surface area contributed by atoms with Crippen LogP contribution in [0.25, 0.3) is 0 Å². The minimum Gasteiger partial charge on any atom is -0.0776 e. The number of rotatable bonds is 0. The zero-order valence-corrected chi connectivity index (χ0v) is 8.34. The topological polar surface area (TPSA) is 0 Å². The van der Waals surface area contributed by atoms with Crippen LogP contribution in [0.3, 0.4) is 0 Å². The van der Waals surface area contributed by atoms with Gasteiger partial charge in [-0.3, -0.25) is 0 Å². The van der Waals surface area contributed by atoms with Crippen LogP contribution in [-0.2, 0) is 0 Å². The van der Waals surface area contributed by atoms with Gasteiger partial charge in [0.15, 0.2) is 0 Å². The third-order valence-electron chi connectivity index (χ3n) is 0. The predicted octanol–water partition coefficient (Wildman–Crippen LogP) is -0.506. The van der Waals surface area contributed by atoms with Crippen molar-refractivity contribution in [2.45, 2.75) is 7.43 Å². The van der Waals surface area contributed by atoms with Gasteiger partial charge in [0.2, 0.25) is 0 Å². The second-order valence-electron chi connectivity index (χ2n) is 0. The summed E-state index contributed by atoms with van der Waals surface area (Å²) in [4.78, 5) is 0. The Hall–Kier alpha value is 2.15. The summed E-state index contributed by atoms with van der Waals surface area (Å²) in [5, 5.41) is 0. The molecule has 0 spiro atoms. The molecule has 23 valence electrons. The summed E-state index contributed by atoms with van der Waals surface area (Å²) in [5.74, 6) is 0. The Morgan fingerprint density at radius 3 is 1.00 bits per heavy atom. The molecule has 0 aromatic carbocycles. The van der Waals surface area contributed by atoms with Crippen LogP contribution < -0.4 is 0 Å². The Balaban J connectivity index is 0. The van der Waals surface area contributed by atoms with Gasteiger partial charge in [0.1, 0.15) is 0 Å². The van der Waals surface area contributed by atoms with Crippen LogP contribution in [0.5, 0.6) is 0 Å². The molecular formula is CH4GeSbTe. The van der Waals surface area contributed by atoms with Crippen molar-refractivity contribution in [3.63, 3.8) is 0 Å². The molecule has 0 bridgehead atoms. The van der Waals surface area contributed by atoms with Crippen molar-refractivity contribution in [3.05, 3.63) is 0 Å². The third-order valence-corrected chi connectivity index (χ3v) is 0. The quantitative estimate of drug-likeness (QED) is 0.523. The Bertz CT molecular complexity index is 8.00. The molecule has 9 radical (unpaired) electrons. The molecule has 0 nitrogen and oxygen atoms in total. The summed E-state index contributed by atoms with van der Waals surface area (Å²) in [5.41, 5.74) is 0. The van der Waals surface area contributed by atoms with Crippen molar-refractivity contribution in [1.29, 1.82) is 0 Å². The number of hydrogen-bond donors (Lipinski definition) is 0. The SMILES string of the molecule is C.[Ge].[Sb].[Te]. The summed E-state index contributed by atoms with van der Waals surface area (Å²) >= 11 is 0. The fourth-order valence-corrected chi connectivity index (χ4v) is 0. The smallest absolute Gasteiger partial charge is 0 e. The molecule has 0 aliphatic heterocycles. The van der Waals surface area contributed by atoms with E-state index in [2.05, 4.69) is 0 Å². The van der Waals surface area contributed by atoms with Crippen molar-refractivity contribution >= 4 is 65.7 Å². The molecule has 0 fully saturated rings. The zero-order valence-electron chi connectivity index (χ0n) is 1.36. The Kier molecular flexibility index (Phi) is 169. The van der Waals surface area contributed by atoms with Crippen molar-refractivity contribution < 1.29 is 0 Å². The molecule has 0 saturated heterocycles. The molecule has 0 atom stereocenters. The van der Waals surface area contributed by atoms with Crippen LogP contribution in [0.15, 0.2) is 0 Å². The average molecular weight is 338 g/mol. The van der Waals surface area contributed by atoms with E-state index in [4.69, 9.17) is 0 Å². The molecule has 0 saturated carbocycles. The van der Waals surface area contributed by atoms with Crippen LogP contribution in [-0.4, -0.2) is 65.7 Å². The zero-order chi connectivity index (χ0) is 0. The maximum Gasteiger partial charge on any atom is 0 e. The van der Waals surface area contributed by atoms with Crippen molar-refractivity contribution in [2.75, 3.05) is 0 Å². The molecule has 0 aliphatic carbocycles. The summed E-state index contributed by atoms with van der Waals surface area (Å²) < 4.78 is 0. The summed E-state index contributed by atoms with van der Waals surface area (Å²) in [7, 11) is 0. The van der Waals surface area contributed by atoms with Crippen LogP contribution >= 0.6 is 0 Å². The Labute approximate surface area is 72.3 Å². The molecular weight excluding hydrogens is 334 g/mol. The van der Waals surface area contributed by atoms with E-state index in [0.717, 1.165) is 0 Å². The first-order chi connectivity index (χ1) is 0. The van der Waals surface area contributed by atoms with E-state index in [0.29, 0.717) is 0 Å². The largest absolute Gasteiger partial charge is 0.0776 e. The van der Waals surface area contributed by atoms with Crippen LogP contribution in [0, 0.1) is 0 Å². The molecule has 3 heteroatoms. The standard InChI is InChI=1S/CH4.Ge.Sb.Te/h1H4;;;. The first-order valence-electron chi connectivity index (χ1n) is 0. The molecule has 0 rings (SSSR count). The van der Waals surface area contributed by atoms with Gasteiger partial charge in [-0.05, 0) is 0 Å². The van der Waals surface area contributed by atoms with Crippen molar-refractivity contribution in [2.24, 2.45) is 0 Å². The fourth-order valence-electron chi connectivity index (χ4n) is 0. The fraction of sp³-hybridized carbons (Fsp3) is 1.00. The molecule has 0 N–H and O–H groups in total. The maximum absolute atomic E-state index is 0. The van der Waals surface area contributed by atoms with Gasteiger partial charge in [-0.15, -0.1) is 0 Å². The average Bonchev–Trinajstić information content (AvgIpc) is 0. The van der Waals surface area contributed by atoms with E-state index in [1.54, 1.807) is 0 Å². The molecule has 4 heavy (non-hydrogen) atoms. The molecule has 0 aromatic heterocycles. The van der Waals surface area contributed by atoms with Gasteiger partial charge in [0.05, 0.1) is 0 Å². The first kappa shape index (κ1) is 35.3. The monoisotopic (exact) mass is 341 g/mol. The van der Waals surface area contributed by atoms with Gasteiger partial charge < -0.3 is 0 Å². The second-order valence-corrected chi connectivity index (χ2v) is 0. The Morgan fingerprint density at radius 1 is 1.00 bits per heavy atom. The maximum atomic E-state index is 0. The van der Waals surface area contributed by atoms with Crippen LogP contribution in [0.2, 0.25) is 0 Å². The summed E-state index contributed by atoms with van der Waals surface area (Å²) in [6.07, 6.45) is 0. The van der Waals surface area contributed by atoms with E-state index >= 15 is 0 Å². The molecule has 0 aliphatic rings. The van der Waals surface area contributed by atoms with E-state index in [-0.39, 0.29) is 73.1 Å². The van der Waals surface area contributed by atoms with Crippen LogP contribution in [0.1, 0.15) is 7.43 Å². The summed E-state index contributed by atoms with van der Waals surface area (Å²) in [6.45, 7) is 0. The summed E-state index contributed by atoms with van der Waals surface area (Å²) in [6, 6.07) is 0. The molecule has 0 aromatic rings. The van der Waals surface area contributed by atoms with Gasteiger partial charge >= 0.3 is 0 Å². The van der Waals surface area contributed by atoms with E-state index < -0.39 is 0 Å². The van der Waals surface area contributed by atoms with Gasteiger partial charge in [-0.2, -0.15) is 0 Å². The minimum atomic E-state index is 0. The molecule has 0 heterocycles. The van der Waals surface area contributed by atoms with Gasteiger partial charge in [-0.1, -0.05) is 7.43 Å². The molecule has 0 unspecified atom stereocenters. The number of hydrogen-bond acceptors (Lipinski definition) is 0. The van der Waals surface area contributed by atoms with Crippen molar-refractivity contribution in [1.82, 2.24) is 0 Å². The van der Waals surface area contributed by atoms with Gasteiger partial charge in [-0.25, -0.2) is 0 Å². The van der Waals surface area contributed by atoms with Gasteiger partial charge in [0, 0.05) is 65.7 Å².